The van der Waals surface area contributed by atoms with Crippen molar-refractivity contribution in [2.45, 2.75) is 13.3 Å². The molecule has 0 saturated carbocycles. The van der Waals surface area contributed by atoms with Crippen LogP contribution >= 0.6 is 11.6 Å². The number of hydrogen-bond acceptors (Lipinski definition) is 9. The molecule has 4 aromatic rings. The van der Waals surface area contributed by atoms with Gasteiger partial charge in [-0.15, -0.1) is 0 Å². The number of nitrogens with zero attached hydrogens (tertiary/aromatic N) is 6. The van der Waals surface area contributed by atoms with Crippen molar-refractivity contribution >= 4 is 40.1 Å². The van der Waals surface area contributed by atoms with Crippen LogP contribution in [-0.4, -0.2) is 24.5 Å². The third kappa shape index (κ3) is 4.36. The molecule has 0 fully saturated rings. The van der Waals surface area contributed by atoms with Crippen molar-refractivity contribution in [3.8, 4) is 11.8 Å². The van der Waals surface area contributed by atoms with Gasteiger partial charge in [0.05, 0.1) is 28.4 Å². The van der Waals surface area contributed by atoms with Gasteiger partial charge in [-0.25, -0.2) is 4.98 Å². The standard InChI is InChI=1S/C16H12N4O.C4H6ClN5/c1-2-14-19-13-7-3-5-11(9-17)15(13)16(21)20(14)12-6-4-8-18-10-12;5-1-2(6)9-4(8)10-3(1)7/h3-8,10H,2H2,1H3;(H6,6,7,8,9,10). The van der Waals surface area contributed by atoms with E-state index in [-0.39, 0.29) is 28.2 Å². The Bertz CT molecular complexity index is 1320. The zero-order valence-electron chi connectivity index (χ0n) is 16.5. The number of nitriles is 1. The summed E-state index contributed by atoms with van der Waals surface area (Å²) < 4.78 is 1.52. The number of pyridine rings is 1. The van der Waals surface area contributed by atoms with Crippen LogP contribution in [0.5, 0.6) is 0 Å². The van der Waals surface area contributed by atoms with Gasteiger partial charge < -0.3 is 17.2 Å². The second-order valence-electron chi connectivity index (χ2n) is 6.21. The largest absolute Gasteiger partial charge is 0.382 e. The van der Waals surface area contributed by atoms with E-state index in [0.29, 0.717) is 34.4 Å². The van der Waals surface area contributed by atoms with Gasteiger partial charge in [0.2, 0.25) is 5.95 Å². The molecular weight excluding hydrogens is 418 g/mol. The Morgan fingerprint density at radius 2 is 1.81 bits per heavy atom. The molecule has 1 aromatic carbocycles. The molecule has 156 valence electrons. The van der Waals surface area contributed by atoms with Crippen LogP contribution in [0.3, 0.4) is 0 Å². The van der Waals surface area contributed by atoms with Crippen LogP contribution in [0.2, 0.25) is 5.02 Å². The number of nitrogen functional groups attached to an aromatic ring is 3. The number of rotatable bonds is 2. The summed E-state index contributed by atoms with van der Waals surface area (Å²) in [5, 5.41) is 9.71. The second kappa shape index (κ2) is 9.06. The van der Waals surface area contributed by atoms with E-state index in [4.69, 9.17) is 28.8 Å². The maximum absolute atomic E-state index is 12.8. The summed E-state index contributed by atoms with van der Waals surface area (Å²) in [5.41, 5.74) is 17.1. The fourth-order valence-corrected chi connectivity index (χ4v) is 2.94. The van der Waals surface area contributed by atoms with Gasteiger partial charge in [0, 0.05) is 12.6 Å². The van der Waals surface area contributed by atoms with E-state index >= 15 is 0 Å². The molecule has 0 aliphatic rings. The summed E-state index contributed by atoms with van der Waals surface area (Å²) in [6, 6.07) is 10.7. The first-order valence-electron chi connectivity index (χ1n) is 9.06. The Hall–Kier alpha value is -4.23. The number of halogens is 1. The molecular formula is C20H18ClN9O. The van der Waals surface area contributed by atoms with Gasteiger partial charge in [0.15, 0.2) is 0 Å². The minimum absolute atomic E-state index is 0.0272. The third-order valence-electron chi connectivity index (χ3n) is 4.23. The fraction of sp³-hybridized carbons (Fsp3) is 0.100. The van der Waals surface area contributed by atoms with Gasteiger partial charge >= 0.3 is 0 Å². The Labute approximate surface area is 182 Å². The summed E-state index contributed by atoms with van der Waals surface area (Å²) >= 11 is 5.52. The molecule has 11 heteroatoms. The van der Waals surface area contributed by atoms with Crippen LogP contribution in [0.25, 0.3) is 16.6 Å². The van der Waals surface area contributed by atoms with Crippen molar-refractivity contribution in [3.63, 3.8) is 0 Å². The Morgan fingerprint density at radius 1 is 1.10 bits per heavy atom. The van der Waals surface area contributed by atoms with Gasteiger partial charge in [-0.3, -0.25) is 14.3 Å². The minimum Gasteiger partial charge on any atom is -0.382 e. The quantitative estimate of drug-likeness (QED) is 0.425. The maximum Gasteiger partial charge on any atom is 0.267 e. The van der Waals surface area contributed by atoms with Gasteiger partial charge in [0.25, 0.3) is 5.56 Å². The summed E-state index contributed by atoms with van der Waals surface area (Å²) in [5.74, 6) is 0.883. The lowest BCUT2D eigenvalue weighted by molar-refractivity contribution is 0.829. The maximum atomic E-state index is 12.8. The predicted molar refractivity (Wildman–Crippen MR) is 120 cm³/mol. The van der Waals surface area contributed by atoms with Crippen molar-refractivity contribution in [2.75, 3.05) is 17.2 Å². The highest BCUT2D eigenvalue weighted by atomic mass is 35.5. The van der Waals surface area contributed by atoms with Crippen LogP contribution in [-0.2, 0) is 6.42 Å². The summed E-state index contributed by atoms with van der Waals surface area (Å²) in [6.07, 6.45) is 3.87. The van der Waals surface area contributed by atoms with Crippen molar-refractivity contribution in [3.05, 3.63) is 69.5 Å². The van der Waals surface area contributed by atoms with Gasteiger partial charge in [0.1, 0.15) is 28.6 Å². The van der Waals surface area contributed by atoms with Gasteiger partial charge in [-0.2, -0.15) is 15.2 Å². The topological polar surface area (TPSA) is 175 Å². The number of anilines is 3. The molecule has 31 heavy (non-hydrogen) atoms. The minimum atomic E-state index is -0.234. The fourth-order valence-electron chi connectivity index (χ4n) is 2.86. The number of aryl methyl sites for hydroxylation is 1. The molecule has 0 radical (unpaired) electrons. The van der Waals surface area contributed by atoms with E-state index in [1.807, 2.05) is 6.92 Å². The average molecular weight is 436 g/mol. The van der Waals surface area contributed by atoms with Gasteiger partial charge in [-0.05, 0) is 24.3 Å². The first kappa shape index (κ1) is 21.5. The van der Waals surface area contributed by atoms with E-state index < -0.39 is 0 Å². The Balaban J connectivity index is 0.000000229. The molecule has 0 unspecified atom stereocenters. The highest BCUT2D eigenvalue weighted by molar-refractivity contribution is 6.35. The van der Waals surface area contributed by atoms with E-state index in [2.05, 4.69) is 26.0 Å². The number of hydrogen-bond donors (Lipinski definition) is 3. The second-order valence-corrected chi connectivity index (χ2v) is 6.59. The molecule has 10 nitrogen and oxygen atoms in total. The smallest absolute Gasteiger partial charge is 0.267 e. The lowest BCUT2D eigenvalue weighted by atomic mass is 10.1. The van der Waals surface area contributed by atoms with Crippen LogP contribution in [0.1, 0.15) is 18.3 Å². The van der Waals surface area contributed by atoms with Crippen molar-refractivity contribution < 1.29 is 0 Å². The molecule has 3 heterocycles. The molecule has 0 amide bonds. The highest BCUT2D eigenvalue weighted by Crippen LogP contribution is 2.22. The molecule has 6 N–H and O–H groups in total. The monoisotopic (exact) mass is 435 g/mol. The number of aromatic nitrogens is 5. The molecule has 0 aliphatic heterocycles. The molecule has 0 bridgehead atoms. The van der Waals surface area contributed by atoms with Crippen LogP contribution in [0, 0.1) is 11.3 Å². The van der Waals surface area contributed by atoms with Gasteiger partial charge in [-0.1, -0.05) is 24.6 Å². The van der Waals surface area contributed by atoms with Crippen molar-refractivity contribution in [1.82, 2.24) is 24.5 Å². The molecule has 0 spiro atoms. The van der Waals surface area contributed by atoms with E-state index in [1.165, 1.54) is 4.57 Å². The summed E-state index contributed by atoms with van der Waals surface area (Å²) in [4.78, 5) is 28.5. The zero-order chi connectivity index (χ0) is 22.5. The molecule has 0 aliphatic carbocycles. The van der Waals surface area contributed by atoms with Crippen LogP contribution in [0.4, 0.5) is 17.6 Å². The predicted octanol–water partition coefficient (Wildman–Crippen LogP) is 2.09. The third-order valence-corrected chi connectivity index (χ3v) is 4.61. The normalized spacial score (nSPS) is 10.2. The number of benzene rings is 1. The van der Waals surface area contributed by atoms with E-state index in [9.17, 15) is 10.1 Å². The van der Waals surface area contributed by atoms with Crippen LogP contribution in [0.15, 0.2) is 47.5 Å². The Kier molecular flexibility index (Phi) is 6.28. The zero-order valence-corrected chi connectivity index (χ0v) is 17.2. The Morgan fingerprint density at radius 3 is 2.39 bits per heavy atom. The van der Waals surface area contributed by atoms with E-state index in [1.54, 1.807) is 42.7 Å². The molecule has 0 atom stereocenters. The summed E-state index contributed by atoms with van der Waals surface area (Å²) in [6.45, 7) is 1.94. The molecule has 0 saturated heterocycles. The molecule has 3 aromatic heterocycles. The van der Waals surface area contributed by atoms with Crippen molar-refractivity contribution in [1.29, 1.82) is 5.26 Å². The summed E-state index contributed by atoms with van der Waals surface area (Å²) in [7, 11) is 0. The lowest BCUT2D eigenvalue weighted by Gasteiger charge is -2.12. The lowest BCUT2D eigenvalue weighted by Crippen LogP contribution is -2.24. The molecule has 4 rings (SSSR count). The average Bonchev–Trinajstić information content (AvgIpc) is 2.77. The van der Waals surface area contributed by atoms with Crippen LogP contribution < -0.4 is 22.8 Å². The number of fused-ring (bicyclic) bond motifs is 1. The first-order valence-corrected chi connectivity index (χ1v) is 9.44. The van der Waals surface area contributed by atoms with E-state index in [0.717, 1.165) is 0 Å². The first-order chi connectivity index (χ1) is 14.9. The van der Waals surface area contributed by atoms with Crippen molar-refractivity contribution in [2.24, 2.45) is 0 Å². The SMILES string of the molecule is CCc1nc2cccc(C#N)c2c(=O)n1-c1cccnc1.Nc1nc(N)c(Cl)c(N)n1. The number of nitrogens with two attached hydrogens (primary N) is 3. The highest BCUT2D eigenvalue weighted by Gasteiger charge is 2.14.